The number of piperidine rings is 1. The topological polar surface area (TPSA) is 150 Å². The molecule has 5 heterocycles. The summed E-state index contributed by atoms with van der Waals surface area (Å²) in [5, 5.41) is 25.5. The van der Waals surface area contributed by atoms with Gasteiger partial charge in [0, 0.05) is 35.6 Å². The van der Waals surface area contributed by atoms with Crippen molar-refractivity contribution >= 4 is 22.2 Å². The van der Waals surface area contributed by atoms with Gasteiger partial charge >= 0.3 is 6.01 Å². The summed E-state index contributed by atoms with van der Waals surface area (Å²) in [5.41, 5.74) is 6.69. The van der Waals surface area contributed by atoms with Crippen LogP contribution >= 0.6 is 11.3 Å². The Bertz CT molecular complexity index is 1480. The van der Waals surface area contributed by atoms with Crippen molar-refractivity contribution in [3.8, 4) is 23.6 Å². The second kappa shape index (κ2) is 10.5. The number of fused-ring (bicyclic) bond motifs is 1. The lowest BCUT2D eigenvalue weighted by atomic mass is 9.72. The molecule has 3 aromatic rings. The Morgan fingerprint density at radius 3 is 2.78 bits per heavy atom. The largest absolute Gasteiger partial charge is 0.459 e. The first kappa shape index (κ1) is 27.9. The van der Waals surface area contributed by atoms with Gasteiger partial charge in [0.15, 0.2) is 0 Å². The van der Waals surface area contributed by atoms with E-state index in [-0.39, 0.29) is 18.2 Å². The van der Waals surface area contributed by atoms with Gasteiger partial charge in [-0.3, -0.25) is 4.90 Å². The van der Waals surface area contributed by atoms with Gasteiger partial charge in [0.1, 0.15) is 28.7 Å². The van der Waals surface area contributed by atoms with Gasteiger partial charge in [-0.25, -0.2) is 0 Å². The average molecular weight is 579 g/mol. The van der Waals surface area contributed by atoms with E-state index in [1.807, 2.05) is 19.9 Å². The third-order valence-electron chi connectivity index (χ3n) is 8.98. The molecule has 4 atom stereocenters. The summed E-state index contributed by atoms with van der Waals surface area (Å²) in [5.74, 6) is 1.43. The van der Waals surface area contributed by atoms with E-state index in [2.05, 4.69) is 35.0 Å². The van der Waals surface area contributed by atoms with E-state index < -0.39 is 11.0 Å². The molecule has 2 saturated heterocycles. The van der Waals surface area contributed by atoms with Crippen LogP contribution in [0.3, 0.4) is 0 Å². The Hall–Kier alpha value is -3.27. The van der Waals surface area contributed by atoms with Gasteiger partial charge in [-0.1, -0.05) is 5.16 Å². The van der Waals surface area contributed by atoms with Crippen molar-refractivity contribution in [2.45, 2.75) is 88.9 Å². The lowest BCUT2D eigenvalue weighted by Crippen LogP contribution is -2.46. The molecule has 3 N–H and O–H groups in total. The van der Waals surface area contributed by atoms with Gasteiger partial charge in [0.25, 0.3) is 0 Å². The second-order valence-corrected chi connectivity index (χ2v) is 13.4. The Morgan fingerprint density at radius 2 is 2.05 bits per heavy atom. The molecule has 3 aromatic heterocycles. The summed E-state index contributed by atoms with van der Waals surface area (Å²) in [6.45, 7) is 8.23. The number of ether oxygens (including phenoxy) is 1. The van der Waals surface area contributed by atoms with Gasteiger partial charge < -0.3 is 25.0 Å². The van der Waals surface area contributed by atoms with Crippen LogP contribution < -0.4 is 15.4 Å². The summed E-state index contributed by atoms with van der Waals surface area (Å²) in [7, 11) is 2.12. The van der Waals surface area contributed by atoms with E-state index in [1.54, 1.807) is 0 Å². The molecule has 218 valence electrons. The minimum absolute atomic E-state index is 0.107. The smallest absolute Gasteiger partial charge is 0.319 e. The molecule has 0 saturated carbocycles. The van der Waals surface area contributed by atoms with Crippen molar-refractivity contribution in [3.05, 3.63) is 28.0 Å². The molecule has 0 aromatic carbocycles. The van der Waals surface area contributed by atoms with Gasteiger partial charge in [0.05, 0.1) is 16.6 Å². The number of hydrogen-bond donors (Lipinski definition) is 2. The normalized spacial score (nSPS) is 27.4. The van der Waals surface area contributed by atoms with Gasteiger partial charge in [0.2, 0.25) is 11.7 Å². The highest BCUT2D eigenvalue weighted by Crippen LogP contribution is 2.48. The highest BCUT2D eigenvalue weighted by Gasteiger charge is 2.43. The number of β-amino-alcohol motifs (C(OH)–C–C–N with tert-alkyl or cyclic N) is 1. The van der Waals surface area contributed by atoms with Crippen LogP contribution in [-0.4, -0.2) is 74.5 Å². The van der Waals surface area contributed by atoms with Crippen LogP contribution in [-0.2, 0) is 11.8 Å². The van der Waals surface area contributed by atoms with Gasteiger partial charge in [-0.05, 0) is 79.3 Å². The molecule has 2 aliphatic heterocycles. The fraction of sp³-hybridized carbons (Fsp3) is 0.621. The monoisotopic (exact) mass is 578 g/mol. The molecular formula is C29H38N8O3S. The predicted molar refractivity (Wildman–Crippen MR) is 156 cm³/mol. The van der Waals surface area contributed by atoms with Crippen molar-refractivity contribution in [2.75, 3.05) is 37.3 Å². The summed E-state index contributed by atoms with van der Waals surface area (Å²) in [4.78, 5) is 19.8. The van der Waals surface area contributed by atoms with Crippen molar-refractivity contribution < 1.29 is 14.4 Å². The predicted octanol–water partition coefficient (Wildman–Crippen LogP) is 3.90. The zero-order valence-electron chi connectivity index (χ0n) is 24.2. The fourth-order valence-electron chi connectivity index (χ4n) is 6.79. The van der Waals surface area contributed by atoms with E-state index in [0.717, 1.165) is 68.5 Å². The van der Waals surface area contributed by atoms with Crippen LogP contribution in [0.1, 0.15) is 81.2 Å². The number of aromatic nitrogens is 4. The third kappa shape index (κ3) is 5.15. The quantitative estimate of drug-likeness (QED) is 0.438. The molecule has 6 rings (SSSR count). The molecule has 1 aliphatic carbocycles. The average Bonchev–Trinajstić information content (AvgIpc) is 3.67. The lowest BCUT2D eigenvalue weighted by Gasteiger charge is -2.37. The van der Waals surface area contributed by atoms with Crippen molar-refractivity contribution in [1.29, 1.82) is 5.26 Å². The molecule has 3 aliphatic rings. The maximum Gasteiger partial charge on any atom is 0.319 e. The minimum atomic E-state index is -0.808. The maximum atomic E-state index is 10.8. The number of hydrogen-bond acceptors (Lipinski definition) is 12. The Kier molecular flexibility index (Phi) is 7.16. The number of thiophene rings is 1. The van der Waals surface area contributed by atoms with Crippen LogP contribution in [0.15, 0.2) is 10.6 Å². The minimum Gasteiger partial charge on any atom is -0.459 e. The van der Waals surface area contributed by atoms with Crippen molar-refractivity contribution in [2.24, 2.45) is 0 Å². The van der Waals surface area contributed by atoms with Gasteiger partial charge in [-0.15, -0.1) is 11.3 Å². The Balaban J connectivity index is 1.37. The maximum absolute atomic E-state index is 10.8. The Labute approximate surface area is 244 Å². The van der Waals surface area contributed by atoms with Crippen LogP contribution in [0.4, 0.5) is 10.8 Å². The molecule has 12 heteroatoms. The molecule has 0 amide bonds. The molecular weight excluding hydrogens is 540 g/mol. The first-order valence-corrected chi connectivity index (χ1v) is 15.3. The number of likely N-dealkylation sites (N-methyl/N-ethyl adjacent to an activating group) is 1. The molecule has 0 bridgehead atoms. The summed E-state index contributed by atoms with van der Waals surface area (Å²) in [6.07, 6.45) is 6.27. The highest BCUT2D eigenvalue weighted by molar-refractivity contribution is 7.16. The number of aliphatic hydroxyl groups is 1. The van der Waals surface area contributed by atoms with Crippen LogP contribution in [0.5, 0.6) is 6.01 Å². The summed E-state index contributed by atoms with van der Waals surface area (Å²) in [6, 6.07) is 4.68. The number of anilines is 2. The van der Waals surface area contributed by atoms with E-state index in [4.69, 9.17) is 29.9 Å². The third-order valence-corrected chi connectivity index (χ3v) is 10.1. The summed E-state index contributed by atoms with van der Waals surface area (Å²) < 4.78 is 12.2. The summed E-state index contributed by atoms with van der Waals surface area (Å²) >= 11 is 1.48. The zero-order valence-corrected chi connectivity index (χ0v) is 25.0. The zero-order chi connectivity index (χ0) is 28.9. The number of nitriles is 1. The molecule has 1 unspecified atom stereocenters. The number of nitrogen functional groups attached to an aromatic ring is 1. The van der Waals surface area contributed by atoms with Crippen LogP contribution in [0.2, 0.25) is 0 Å². The van der Waals surface area contributed by atoms with Crippen molar-refractivity contribution in [1.82, 2.24) is 25.0 Å². The van der Waals surface area contributed by atoms with E-state index in [0.29, 0.717) is 40.3 Å². The van der Waals surface area contributed by atoms with Crippen molar-refractivity contribution in [3.63, 3.8) is 0 Å². The molecule has 0 spiro atoms. The molecule has 2 fully saturated rings. The highest BCUT2D eigenvalue weighted by atomic mass is 32.1. The molecule has 0 radical (unpaired) electrons. The standard InChI is InChI=1S/C29H38N8O3S/c1-17(20-8-6-12-36(20)4)39-27-32-19(14-22(33-27)37-13-7-10-28(2,38)16-37)25-34-26(40-35-25)29(3)11-5-9-21-23(29)18(15-30)24(31)41-21/h14,17,20,38H,5-13,16,31H2,1-4H3/t17-,20-,28+,29?/m0/s1. The molecule has 41 heavy (non-hydrogen) atoms. The number of nitrogens with two attached hydrogens (primary N) is 1. The number of likely N-dealkylation sites (tertiary alicyclic amines) is 1. The number of aryl methyl sites for hydroxylation is 1. The SMILES string of the molecule is C[C@H](Oc1nc(-c2noc(C3(C)CCCc4sc(N)c(C#N)c43)n2)cc(N2CCC[C@@](C)(O)C2)n1)[C@@H]1CCCN1C. The Morgan fingerprint density at radius 1 is 1.22 bits per heavy atom. The van der Waals surface area contributed by atoms with E-state index in [1.165, 1.54) is 11.3 Å². The fourth-order valence-corrected chi connectivity index (χ4v) is 7.98. The number of rotatable bonds is 6. The first-order valence-electron chi connectivity index (χ1n) is 14.5. The second-order valence-electron chi connectivity index (χ2n) is 12.3. The first-order chi connectivity index (χ1) is 19.6. The van der Waals surface area contributed by atoms with E-state index >= 15 is 0 Å². The number of nitrogens with zero attached hydrogens (tertiary/aromatic N) is 7. The van der Waals surface area contributed by atoms with Crippen LogP contribution in [0.25, 0.3) is 11.5 Å². The van der Waals surface area contributed by atoms with Crippen LogP contribution in [0, 0.1) is 11.3 Å². The molecule has 11 nitrogen and oxygen atoms in total. The van der Waals surface area contributed by atoms with E-state index in [9.17, 15) is 10.4 Å². The lowest BCUT2D eigenvalue weighted by molar-refractivity contribution is 0.0445. The van der Waals surface area contributed by atoms with Gasteiger partial charge in [-0.2, -0.15) is 20.2 Å².